The monoisotopic (exact) mass is 463 g/mol. The molecule has 0 amide bonds. The van der Waals surface area contributed by atoms with E-state index in [-0.39, 0.29) is 0 Å². The van der Waals surface area contributed by atoms with Gasteiger partial charge in [0, 0.05) is 0 Å². The molecule has 3 aromatic rings. The van der Waals surface area contributed by atoms with Gasteiger partial charge in [0.1, 0.15) is 0 Å². The summed E-state index contributed by atoms with van der Waals surface area (Å²) in [5.41, 5.74) is 2.88. The van der Waals surface area contributed by atoms with Gasteiger partial charge in [-0.2, -0.15) is 0 Å². The molecule has 1 atom stereocenters. The van der Waals surface area contributed by atoms with Gasteiger partial charge in [-0.3, -0.25) is 0 Å². The molecular weight excluding hydrogens is 438 g/mol. The van der Waals surface area contributed by atoms with Crippen LogP contribution < -0.4 is 13.9 Å². The van der Waals surface area contributed by atoms with Crippen LogP contribution in [0.1, 0.15) is 24.8 Å². The van der Waals surface area contributed by atoms with E-state index in [4.69, 9.17) is 0 Å². The van der Waals surface area contributed by atoms with Crippen molar-refractivity contribution in [2.24, 2.45) is 0 Å². The Labute approximate surface area is 162 Å². The first-order valence-electron chi connectivity index (χ1n) is 8.92. The summed E-state index contributed by atoms with van der Waals surface area (Å²) in [6, 6.07) is 17.8. The second-order valence-electron chi connectivity index (χ2n) is 6.12. The van der Waals surface area contributed by atoms with Crippen molar-refractivity contribution in [3.63, 3.8) is 0 Å². The average molecular weight is 461 g/mol. The standard InChI is InChI=1S/C21H23N2Se2/c1-3-22-16-10-5-7-12-18(16)24-20(22)14-9-15-21-23(4-2)17-11-6-8-13-19(17)25-21/h5-14,21H,3-4,15H2,1-2H3/q+1/b14-9+. The fraction of sp³-hybridized carbons (Fsp3) is 0.286. The van der Waals surface area contributed by atoms with Crippen LogP contribution in [-0.4, -0.2) is 40.9 Å². The number of hydrogen-bond donors (Lipinski definition) is 0. The Balaban J connectivity index is 1.54. The molecular formula is C21H23N2Se2+. The van der Waals surface area contributed by atoms with Crippen LogP contribution in [0.25, 0.3) is 15.9 Å². The molecule has 0 radical (unpaired) electrons. The Bertz CT molecular complexity index is 913. The number of anilines is 1. The van der Waals surface area contributed by atoms with Crippen molar-refractivity contribution in [1.82, 2.24) is 0 Å². The molecule has 1 aliphatic heterocycles. The maximum atomic E-state index is 2.59. The first-order chi connectivity index (χ1) is 12.3. The van der Waals surface area contributed by atoms with E-state index in [0.717, 1.165) is 19.5 Å². The molecule has 0 aliphatic carbocycles. The first-order valence-corrected chi connectivity index (χ1v) is 12.5. The van der Waals surface area contributed by atoms with Crippen molar-refractivity contribution in [2.75, 3.05) is 11.4 Å². The minimum absolute atomic E-state index is 0.442. The summed E-state index contributed by atoms with van der Waals surface area (Å²) in [5, 5.41) is 0. The van der Waals surface area contributed by atoms with Gasteiger partial charge in [-0.15, -0.1) is 0 Å². The Morgan fingerprint density at radius 2 is 1.88 bits per heavy atom. The van der Waals surface area contributed by atoms with Crippen LogP contribution in [0.3, 0.4) is 0 Å². The third-order valence-corrected chi connectivity index (χ3v) is 9.81. The van der Waals surface area contributed by atoms with E-state index in [1.54, 1.807) is 4.46 Å². The van der Waals surface area contributed by atoms with Crippen molar-refractivity contribution in [3.8, 4) is 0 Å². The van der Waals surface area contributed by atoms with E-state index in [1.165, 1.54) is 20.0 Å². The molecule has 1 unspecified atom stereocenters. The van der Waals surface area contributed by atoms with Gasteiger partial charge in [-0.25, -0.2) is 0 Å². The van der Waals surface area contributed by atoms with Crippen LogP contribution in [0.5, 0.6) is 0 Å². The average Bonchev–Trinajstić information content (AvgIpc) is 3.18. The van der Waals surface area contributed by atoms with Gasteiger partial charge >= 0.3 is 162 Å². The first kappa shape index (κ1) is 17.1. The molecule has 2 heterocycles. The predicted octanol–water partition coefficient (Wildman–Crippen LogP) is 2.80. The number of para-hydroxylation sites is 2. The second-order valence-corrected chi connectivity index (χ2v) is 10.9. The van der Waals surface area contributed by atoms with Crippen LogP contribution in [0.15, 0.2) is 54.6 Å². The van der Waals surface area contributed by atoms with Gasteiger partial charge in [0.25, 0.3) is 0 Å². The van der Waals surface area contributed by atoms with E-state index in [2.05, 4.69) is 84.0 Å². The molecule has 4 rings (SSSR count). The van der Waals surface area contributed by atoms with E-state index < -0.39 is 0 Å². The number of nitrogens with zero attached hydrogens (tertiary/aromatic N) is 2. The normalized spacial score (nSPS) is 16.9. The summed E-state index contributed by atoms with van der Waals surface area (Å²) in [4.78, 5) is 3.26. The van der Waals surface area contributed by atoms with Crippen molar-refractivity contribution in [2.45, 2.75) is 31.8 Å². The fourth-order valence-corrected chi connectivity index (χ4v) is 8.76. The van der Waals surface area contributed by atoms with Gasteiger partial charge in [0.2, 0.25) is 0 Å². The molecule has 2 nitrogen and oxygen atoms in total. The molecule has 0 N–H and O–H groups in total. The molecule has 25 heavy (non-hydrogen) atoms. The van der Waals surface area contributed by atoms with Crippen LogP contribution in [-0.2, 0) is 6.54 Å². The van der Waals surface area contributed by atoms with E-state index in [9.17, 15) is 0 Å². The van der Waals surface area contributed by atoms with Crippen molar-refractivity contribution in [3.05, 3.63) is 59.2 Å². The Hall–Kier alpha value is -1.31. The number of aromatic nitrogens is 1. The van der Waals surface area contributed by atoms with Gasteiger partial charge in [-0.1, -0.05) is 0 Å². The van der Waals surface area contributed by atoms with Crippen molar-refractivity contribution < 1.29 is 4.57 Å². The van der Waals surface area contributed by atoms with Crippen molar-refractivity contribution >= 4 is 55.5 Å². The molecule has 128 valence electrons. The topological polar surface area (TPSA) is 7.12 Å². The molecule has 0 fully saturated rings. The maximum absolute atomic E-state index is 2.59. The Morgan fingerprint density at radius 1 is 1.08 bits per heavy atom. The minimum atomic E-state index is 0.442. The van der Waals surface area contributed by atoms with Gasteiger partial charge in [0.05, 0.1) is 0 Å². The fourth-order valence-electron chi connectivity index (χ4n) is 3.50. The Morgan fingerprint density at radius 3 is 2.72 bits per heavy atom. The van der Waals surface area contributed by atoms with Crippen LogP contribution >= 0.6 is 0 Å². The molecule has 0 saturated carbocycles. The summed E-state index contributed by atoms with van der Waals surface area (Å²) in [6.07, 6.45) is 5.97. The zero-order valence-electron chi connectivity index (χ0n) is 14.7. The van der Waals surface area contributed by atoms with E-state index >= 15 is 0 Å². The van der Waals surface area contributed by atoms with Crippen LogP contribution in [0.2, 0.25) is 0 Å². The van der Waals surface area contributed by atoms with Crippen molar-refractivity contribution in [1.29, 1.82) is 0 Å². The number of aryl methyl sites for hydroxylation is 1. The Kier molecular flexibility index (Phi) is 5.15. The van der Waals surface area contributed by atoms with E-state index in [0.29, 0.717) is 34.4 Å². The zero-order valence-corrected chi connectivity index (χ0v) is 18.1. The molecule has 2 aromatic carbocycles. The third-order valence-electron chi connectivity index (χ3n) is 4.68. The summed E-state index contributed by atoms with van der Waals surface area (Å²) in [6.45, 7) is 6.68. The number of hydrogen-bond acceptors (Lipinski definition) is 1. The molecule has 0 spiro atoms. The number of fused-ring (bicyclic) bond motifs is 2. The van der Waals surface area contributed by atoms with E-state index in [1.807, 2.05) is 0 Å². The van der Waals surface area contributed by atoms with Gasteiger partial charge in [-0.05, 0) is 0 Å². The molecule has 1 aromatic heterocycles. The molecule has 1 aliphatic rings. The second kappa shape index (κ2) is 7.51. The SMILES string of the molecule is CCN1c2ccccc2[Se]C1C/C=C/c1[se]c2ccccc2[n+]1CC. The van der Waals surface area contributed by atoms with Crippen LogP contribution in [0, 0.1) is 0 Å². The molecule has 0 bridgehead atoms. The number of benzene rings is 2. The summed E-state index contributed by atoms with van der Waals surface area (Å²) < 4.78 is 7.07. The summed E-state index contributed by atoms with van der Waals surface area (Å²) in [7, 11) is 0. The number of rotatable bonds is 5. The molecule has 0 saturated heterocycles. The quantitative estimate of drug-likeness (QED) is 0.419. The third kappa shape index (κ3) is 3.25. The van der Waals surface area contributed by atoms with Gasteiger partial charge < -0.3 is 0 Å². The van der Waals surface area contributed by atoms with Gasteiger partial charge in [0.15, 0.2) is 0 Å². The molecule has 4 heteroatoms. The summed E-state index contributed by atoms with van der Waals surface area (Å²) in [5.74, 6) is 0. The summed E-state index contributed by atoms with van der Waals surface area (Å²) >= 11 is 0.993. The zero-order chi connectivity index (χ0) is 17.2. The van der Waals surface area contributed by atoms with Crippen LogP contribution in [0.4, 0.5) is 5.69 Å². The predicted molar refractivity (Wildman–Crippen MR) is 109 cm³/mol.